The predicted octanol–water partition coefficient (Wildman–Crippen LogP) is 6.54. The molecule has 1 N–H and O–H groups in total. The van der Waals surface area contributed by atoms with Gasteiger partial charge in [0.2, 0.25) is 0 Å². The van der Waals surface area contributed by atoms with Crippen molar-refractivity contribution in [3.05, 3.63) is 0 Å². The largest absolute Gasteiger partial charge is 0.393 e. The van der Waals surface area contributed by atoms with Gasteiger partial charge in [-0.2, -0.15) is 5.26 Å². The van der Waals surface area contributed by atoms with Crippen molar-refractivity contribution in [1.82, 2.24) is 0 Å². The second-order valence-corrected chi connectivity index (χ2v) is 11.6. The molecule has 3 nitrogen and oxygen atoms in total. The van der Waals surface area contributed by atoms with Crippen LogP contribution in [0.1, 0.15) is 105 Å². The van der Waals surface area contributed by atoms with E-state index in [0.29, 0.717) is 35.9 Å². The molecule has 0 bridgehead atoms. The number of Topliss-reactive ketones (excluding diaryl/α,β-unsaturated/α-hetero) is 1. The minimum Gasteiger partial charge on any atom is -0.393 e. The van der Waals surface area contributed by atoms with Crippen LogP contribution in [0.3, 0.4) is 0 Å². The van der Waals surface area contributed by atoms with Crippen LogP contribution in [0.4, 0.5) is 0 Å². The molecule has 30 heavy (non-hydrogen) atoms. The van der Waals surface area contributed by atoms with Crippen LogP contribution in [0.25, 0.3) is 0 Å². The monoisotopic (exact) mass is 415 g/mol. The molecule has 0 amide bonds. The maximum atomic E-state index is 13.7. The Hall–Kier alpha value is -0.880. The predicted molar refractivity (Wildman–Crippen MR) is 122 cm³/mol. The van der Waals surface area contributed by atoms with Crippen LogP contribution in [0, 0.1) is 57.7 Å². The van der Waals surface area contributed by atoms with Crippen LogP contribution < -0.4 is 0 Å². The molecule has 0 aliphatic heterocycles. The highest BCUT2D eigenvalue weighted by Gasteiger charge is 2.61. The van der Waals surface area contributed by atoms with Crippen molar-refractivity contribution < 1.29 is 9.90 Å². The summed E-state index contributed by atoms with van der Waals surface area (Å²) in [5.41, 5.74) is 0.437. The van der Waals surface area contributed by atoms with Gasteiger partial charge in [-0.3, -0.25) is 4.79 Å². The standard InChI is InChI=1S/C27H45NO2/c1-6-19-17-26(4,14-12-20(29)7-2)22-13-15-27(5)21(18(3)9-8-16-28)10-11-23(27)24(22)25(19)30/h18-24,29H,6-15,17H2,1-5H3/t18-,19+,20+,21?,22?,23?,24?,26+,27-/m1/s1. The molecule has 0 aromatic heterocycles. The van der Waals surface area contributed by atoms with Crippen molar-refractivity contribution in [2.75, 3.05) is 0 Å². The number of hydrogen-bond donors (Lipinski definition) is 1. The van der Waals surface area contributed by atoms with E-state index >= 15 is 0 Å². The lowest BCUT2D eigenvalue weighted by molar-refractivity contribution is -0.153. The molecule has 0 aromatic rings. The summed E-state index contributed by atoms with van der Waals surface area (Å²) in [7, 11) is 0. The molecular formula is C27H45NO2. The van der Waals surface area contributed by atoms with Crippen LogP contribution in [0.2, 0.25) is 0 Å². The number of nitriles is 1. The second kappa shape index (κ2) is 9.32. The fraction of sp³-hybridized carbons (Fsp3) is 0.926. The molecule has 3 heteroatoms. The summed E-state index contributed by atoms with van der Waals surface area (Å²) in [5, 5.41) is 19.3. The Bertz CT molecular complexity index is 654. The van der Waals surface area contributed by atoms with Crippen LogP contribution in [-0.4, -0.2) is 17.0 Å². The Morgan fingerprint density at radius 1 is 1.17 bits per heavy atom. The van der Waals surface area contributed by atoms with Crippen molar-refractivity contribution in [3.8, 4) is 6.07 Å². The lowest BCUT2D eigenvalue weighted by Gasteiger charge is -2.58. The molecule has 3 saturated carbocycles. The molecule has 3 rings (SSSR count). The summed E-state index contributed by atoms with van der Waals surface area (Å²) in [6.45, 7) is 11.5. The number of rotatable bonds is 8. The fourth-order valence-electron chi connectivity index (χ4n) is 8.21. The number of aliphatic hydroxyl groups is 1. The minimum atomic E-state index is -0.205. The highest BCUT2D eigenvalue weighted by molar-refractivity contribution is 5.85. The molecule has 3 aliphatic rings. The van der Waals surface area contributed by atoms with Gasteiger partial charge in [0.1, 0.15) is 5.78 Å². The van der Waals surface area contributed by atoms with Gasteiger partial charge in [-0.25, -0.2) is 0 Å². The number of carbonyl (C=O) groups excluding carboxylic acids is 1. The Morgan fingerprint density at radius 3 is 2.53 bits per heavy atom. The topological polar surface area (TPSA) is 61.1 Å². The van der Waals surface area contributed by atoms with Gasteiger partial charge in [0.15, 0.2) is 0 Å². The van der Waals surface area contributed by atoms with Gasteiger partial charge in [0, 0.05) is 18.3 Å². The molecular weight excluding hydrogens is 370 g/mol. The zero-order valence-corrected chi connectivity index (χ0v) is 20.1. The van der Waals surface area contributed by atoms with E-state index < -0.39 is 0 Å². The first kappa shape index (κ1) is 23.8. The van der Waals surface area contributed by atoms with E-state index in [9.17, 15) is 9.90 Å². The molecule has 9 atom stereocenters. The van der Waals surface area contributed by atoms with Crippen molar-refractivity contribution in [1.29, 1.82) is 5.26 Å². The van der Waals surface area contributed by atoms with E-state index in [1.807, 2.05) is 0 Å². The first-order valence-corrected chi connectivity index (χ1v) is 12.8. The van der Waals surface area contributed by atoms with E-state index in [0.717, 1.165) is 38.5 Å². The third-order valence-corrected chi connectivity index (χ3v) is 10.1. The molecule has 0 aromatic carbocycles. The molecule has 0 saturated heterocycles. The van der Waals surface area contributed by atoms with Gasteiger partial charge in [-0.15, -0.1) is 0 Å². The van der Waals surface area contributed by atoms with Crippen LogP contribution in [0.15, 0.2) is 0 Å². The van der Waals surface area contributed by atoms with Gasteiger partial charge >= 0.3 is 0 Å². The van der Waals surface area contributed by atoms with Crippen LogP contribution in [-0.2, 0) is 4.79 Å². The van der Waals surface area contributed by atoms with Crippen molar-refractivity contribution >= 4 is 5.78 Å². The molecule has 3 fully saturated rings. The minimum absolute atomic E-state index is 0.182. The summed E-state index contributed by atoms with van der Waals surface area (Å²) in [5.74, 6) is 3.22. The summed E-state index contributed by atoms with van der Waals surface area (Å²) < 4.78 is 0. The Kier molecular flexibility index (Phi) is 7.38. The smallest absolute Gasteiger partial charge is 0.139 e. The quantitative estimate of drug-likeness (QED) is 0.489. The zero-order valence-electron chi connectivity index (χ0n) is 20.1. The number of fused-ring (bicyclic) bond motifs is 3. The van der Waals surface area contributed by atoms with Crippen molar-refractivity contribution in [2.45, 2.75) is 111 Å². The Balaban J connectivity index is 1.86. The van der Waals surface area contributed by atoms with Gasteiger partial charge in [-0.1, -0.05) is 34.6 Å². The van der Waals surface area contributed by atoms with Gasteiger partial charge in [0.25, 0.3) is 0 Å². The molecule has 0 spiro atoms. The van der Waals surface area contributed by atoms with Crippen molar-refractivity contribution in [3.63, 3.8) is 0 Å². The van der Waals surface area contributed by atoms with E-state index in [4.69, 9.17) is 5.26 Å². The van der Waals surface area contributed by atoms with Crippen molar-refractivity contribution in [2.24, 2.45) is 46.3 Å². The average molecular weight is 416 g/mol. The molecule has 0 radical (unpaired) electrons. The van der Waals surface area contributed by atoms with E-state index in [1.54, 1.807) is 0 Å². The first-order chi connectivity index (χ1) is 14.2. The molecule has 170 valence electrons. The average Bonchev–Trinajstić information content (AvgIpc) is 3.09. The number of hydrogen-bond acceptors (Lipinski definition) is 3. The maximum Gasteiger partial charge on any atom is 0.139 e. The third-order valence-electron chi connectivity index (χ3n) is 10.1. The van der Waals surface area contributed by atoms with E-state index in [2.05, 4.69) is 40.7 Å². The fourth-order valence-corrected chi connectivity index (χ4v) is 8.21. The summed E-state index contributed by atoms with van der Waals surface area (Å²) in [6, 6.07) is 2.34. The molecule has 4 unspecified atom stereocenters. The van der Waals surface area contributed by atoms with Gasteiger partial charge < -0.3 is 5.11 Å². The number of nitrogens with zero attached hydrogens (tertiary/aromatic N) is 1. The Morgan fingerprint density at radius 2 is 1.90 bits per heavy atom. The maximum absolute atomic E-state index is 13.7. The van der Waals surface area contributed by atoms with Crippen LogP contribution >= 0.6 is 0 Å². The van der Waals surface area contributed by atoms with Gasteiger partial charge in [0.05, 0.1) is 12.2 Å². The Labute approximate surface area is 185 Å². The second-order valence-electron chi connectivity index (χ2n) is 11.6. The summed E-state index contributed by atoms with van der Waals surface area (Å²) >= 11 is 0. The number of aliphatic hydroxyl groups excluding tert-OH is 1. The first-order valence-electron chi connectivity index (χ1n) is 12.8. The zero-order chi connectivity index (χ0) is 22.1. The normalized spacial score (nSPS) is 42.8. The number of ketones is 1. The van der Waals surface area contributed by atoms with E-state index in [-0.39, 0.29) is 28.8 Å². The molecule has 0 heterocycles. The van der Waals surface area contributed by atoms with Gasteiger partial charge in [-0.05, 0) is 98.7 Å². The summed E-state index contributed by atoms with van der Waals surface area (Å²) in [4.78, 5) is 13.7. The highest BCUT2D eigenvalue weighted by Crippen LogP contribution is 2.66. The van der Waals surface area contributed by atoms with E-state index in [1.165, 1.54) is 25.7 Å². The lowest BCUT2D eigenvalue weighted by Crippen LogP contribution is -2.55. The van der Waals surface area contributed by atoms with Crippen LogP contribution in [0.5, 0.6) is 0 Å². The third kappa shape index (κ3) is 4.11. The number of carbonyl (C=O) groups is 1. The molecule has 3 aliphatic carbocycles. The highest BCUT2D eigenvalue weighted by atomic mass is 16.3. The lowest BCUT2D eigenvalue weighted by atomic mass is 9.46. The summed E-state index contributed by atoms with van der Waals surface area (Å²) in [6.07, 6.45) is 11.0. The SMILES string of the molecule is CC[C@H](O)CC[C@@]1(C)C[C@H](CC)C(=O)C2C1CC[C@@]1(C)C2CCC1[C@H](C)CCC#N.